The van der Waals surface area contributed by atoms with E-state index in [0.717, 1.165) is 36.6 Å². The van der Waals surface area contributed by atoms with Crippen LogP contribution in [0.2, 0.25) is 0 Å². The fourth-order valence-electron chi connectivity index (χ4n) is 7.90. The van der Waals surface area contributed by atoms with Crippen LogP contribution in [0.3, 0.4) is 0 Å². The van der Waals surface area contributed by atoms with Crippen LogP contribution in [0.4, 0.5) is 9.59 Å². The zero-order valence-corrected chi connectivity index (χ0v) is 32.2. The van der Waals surface area contributed by atoms with Gasteiger partial charge in [-0.1, -0.05) is 52.7 Å². The molecule has 1 saturated carbocycles. The molecule has 2 aromatic rings. The second-order valence-corrected chi connectivity index (χ2v) is 17.3. The van der Waals surface area contributed by atoms with Gasteiger partial charge in [-0.25, -0.2) is 19.4 Å². The lowest BCUT2D eigenvalue weighted by atomic mass is 9.85. The van der Waals surface area contributed by atoms with Gasteiger partial charge in [-0.3, -0.25) is 4.79 Å². The second kappa shape index (κ2) is 15.2. The first-order valence-corrected chi connectivity index (χ1v) is 19.2. The molecule has 2 bridgehead atoms. The van der Waals surface area contributed by atoms with Crippen LogP contribution in [-0.2, 0) is 25.5 Å². The number of carboxylic acids is 1. The van der Waals surface area contributed by atoms with Gasteiger partial charge in [0.1, 0.15) is 41.7 Å². The van der Waals surface area contributed by atoms with Crippen molar-refractivity contribution in [3.8, 4) is 11.6 Å². The average Bonchev–Trinajstić information content (AvgIpc) is 3.46. The van der Waals surface area contributed by atoms with Gasteiger partial charge in [-0.2, -0.15) is 0 Å². The molecule has 4 heterocycles. The number of carbonyl (C=O) groups excluding carboxylic acids is 3. The fraction of sp³-hybridized carbons (Fsp3) is 0.675. The van der Waals surface area contributed by atoms with Crippen LogP contribution in [0, 0.1) is 17.3 Å². The van der Waals surface area contributed by atoms with E-state index < -0.39 is 47.2 Å². The van der Waals surface area contributed by atoms with E-state index in [1.54, 1.807) is 4.90 Å². The van der Waals surface area contributed by atoms with Crippen molar-refractivity contribution in [3.63, 3.8) is 0 Å². The molecule has 2 N–H and O–H groups in total. The number of amides is 3. The lowest BCUT2D eigenvalue weighted by Crippen LogP contribution is -2.57. The third-order valence-corrected chi connectivity index (χ3v) is 10.9. The molecule has 13 heteroatoms. The van der Waals surface area contributed by atoms with Gasteiger partial charge in [-0.15, -0.1) is 0 Å². The van der Waals surface area contributed by atoms with Crippen LogP contribution in [0.15, 0.2) is 24.3 Å². The lowest BCUT2D eigenvalue weighted by molar-refractivity contribution is -0.150. The fourth-order valence-corrected chi connectivity index (χ4v) is 7.90. The maximum Gasteiger partial charge on any atom is 0.410 e. The van der Waals surface area contributed by atoms with Crippen LogP contribution in [-0.4, -0.2) is 99.6 Å². The summed E-state index contributed by atoms with van der Waals surface area (Å²) in [6, 6.07) is 5.58. The highest BCUT2D eigenvalue weighted by Crippen LogP contribution is 2.45. The molecule has 3 fully saturated rings. The molecular weight excluding hydrogens is 680 g/mol. The Bertz CT molecular complexity index is 1690. The summed E-state index contributed by atoms with van der Waals surface area (Å²) in [5, 5.41) is 13.9. The summed E-state index contributed by atoms with van der Waals surface area (Å²) in [6.45, 7) is 14.2. The number of hydrogen-bond acceptors (Lipinski definition) is 9. The van der Waals surface area contributed by atoms with E-state index in [0.29, 0.717) is 49.5 Å². The van der Waals surface area contributed by atoms with E-state index in [1.807, 2.05) is 65.8 Å². The number of piperidine rings is 1. The molecule has 6 rings (SSSR count). The highest BCUT2D eigenvalue weighted by molar-refractivity contribution is 5.91. The molecule has 3 amide bonds. The number of nitrogens with zero attached hydrogens (tertiary/aromatic N) is 3. The van der Waals surface area contributed by atoms with E-state index in [9.17, 15) is 24.3 Å². The van der Waals surface area contributed by atoms with Crippen molar-refractivity contribution in [1.29, 1.82) is 0 Å². The molecule has 4 aliphatic rings. The Morgan fingerprint density at radius 2 is 1.70 bits per heavy atom. The maximum absolute atomic E-state index is 14.2. The number of rotatable bonds is 3. The highest BCUT2D eigenvalue weighted by Gasteiger charge is 2.51. The van der Waals surface area contributed by atoms with E-state index in [1.165, 1.54) is 4.90 Å². The number of carbonyl (C=O) groups is 4. The minimum absolute atomic E-state index is 0.00804. The monoisotopic (exact) mass is 736 g/mol. The average molecular weight is 737 g/mol. The standard InChI is InChI=1S/C40H56N4O9/c1-23-26-13-9-8-10-15-28-32(50-24-17-19-43(20-18-24)38(49)53-40(5,6)7)27-14-11-12-16-29(27)41-34(28)51-25-21-30(36(46)47)44(22-25)35(45)33(39(2,3)4)42-37(48)52-31(23)26/h11-12,14,16,23-26,30-31,33H,8-10,13,15,17-22H2,1-7H3,(H,42,48)(H,46,47)/t23?,25-,26-,30+,31-,33-/m1/s1. The number of carboxylic acid groups (broad SMARTS) is 1. The predicted molar refractivity (Wildman–Crippen MR) is 197 cm³/mol. The van der Waals surface area contributed by atoms with Crippen molar-refractivity contribution in [2.45, 2.75) is 136 Å². The van der Waals surface area contributed by atoms with Crippen LogP contribution >= 0.6 is 0 Å². The van der Waals surface area contributed by atoms with Gasteiger partial charge in [0.05, 0.1) is 17.6 Å². The zero-order valence-electron chi connectivity index (χ0n) is 32.2. The first-order valence-electron chi connectivity index (χ1n) is 19.2. The van der Waals surface area contributed by atoms with Gasteiger partial charge in [-0.05, 0) is 63.5 Å². The Balaban J connectivity index is 1.32. The van der Waals surface area contributed by atoms with Gasteiger partial charge < -0.3 is 39.2 Å². The Morgan fingerprint density at radius 3 is 2.38 bits per heavy atom. The normalized spacial score (nSPS) is 27.7. The second-order valence-electron chi connectivity index (χ2n) is 17.3. The van der Waals surface area contributed by atoms with Crippen LogP contribution in [0.25, 0.3) is 10.9 Å². The summed E-state index contributed by atoms with van der Waals surface area (Å²) < 4.78 is 24.9. The SMILES string of the molecule is CC1[C@H]2CCCCCc3c(nc4ccccc4c3OC3CCN(C(=O)OC(C)(C)C)CC3)O[C@@H]3C[C@@H](C(=O)O)N(C3)C(=O)[C@H](C(C)(C)C)NC(=O)O[C@H]12. The predicted octanol–water partition coefficient (Wildman–Crippen LogP) is 6.34. The molecule has 290 valence electrons. The third-order valence-electron chi connectivity index (χ3n) is 10.9. The number of aromatic nitrogens is 1. The molecule has 0 spiro atoms. The minimum atomic E-state index is -1.15. The van der Waals surface area contributed by atoms with E-state index in [2.05, 4.69) is 12.2 Å². The molecule has 2 saturated heterocycles. The van der Waals surface area contributed by atoms with Gasteiger partial charge in [0.15, 0.2) is 0 Å². The quantitative estimate of drug-likeness (QED) is 0.365. The number of fused-ring (bicyclic) bond motifs is 5. The highest BCUT2D eigenvalue weighted by atomic mass is 16.6. The van der Waals surface area contributed by atoms with Gasteiger partial charge in [0.25, 0.3) is 0 Å². The number of nitrogens with one attached hydrogen (secondary N) is 1. The number of benzene rings is 1. The number of para-hydroxylation sites is 1. The summed E-state index contributed by atoms with van der Waals surface area (Å²) in [7, 11) is 0. The molecule has 53 heavy (non-hydrogen) atoms. The summed E-state index contributed by atoms with van der Waals surface area (Å²) in [6.07, 6.45) is 3.50. The van der Waals surface area contributed by atoms with Gasteiger partial charge in [0, 0.05) is 43.7 Å². The van der Waals surface area contributed by atoms with Crippen LogP contribution < -0.4 is 14.8 Å². The van der Waals surface area contributed by atoms with Gasteiger partial charge >= 0.3 is 18.2 Å². The Hall–Kier alpha value is -4.29. The Labute approximate surface area is 312 Å². The number of aliphatic carboxylic acids is 1. The van der Waals surface area contributed by atoms with E-state index >= 15 is 0 Å². The lowest BCUT2D eigenvalue weighted by Gasteiger charge is -2.34. The van der Waals surface area contributed by atoms with Crippen molar-refractivity contribution in [3.05, 3.63) is 29.8 Å². The van der Waals surface area contributed by atoms with Crippen LogP contribution in [0.5, 0.6) is 11.6 Å². The summed E-state index contributed by atoms with van der Waals surface area (Å²) in [5.74, 6) is -0.119. The number of ether oxygens (including phenoxy) is 4. The third kappa shape index (κ3) is 8.92. The molecule has 6 atom stereocenters. The molecule has 1 aliphatic carbocycles. The van der Waals surface area contributed by atoms with Gasteiger partial charge in [0.2, 0.25) is 11.8 Å². The summed E-state index contributed by atoms with van der Waals surface area (Å²) in [5.41, 5.74) is 0.193. The number of pyridine rings is 1. The number of likely N-dealkylation sites (tertiary alicyclic amines) is 1. The first-order chi connectivity index (χ1) is 25.0. The topological polar surface area (TPSA) is 157 Å². The number of hydrogen-bond donors (Lipinski definition) is 2. The molecule has 1 unspecified atom stereocenters. The molecule has 3 aliphatic heterocycles. The summed E-state index contributed by atoms with van der Waals surface area (Å²) >= 11 is 0. The van der Waals surface area contributed by atoms with E-state index in [4.69, 9.17) is 23.9 Å². The van der Waals surface area contributed by atoms with Crippen molar-refractivity contribution < 1.29 is 43.2 Å². The molecule has 13 nitrogen and oxygen atoms in total. The Morgan fingerprint density at radius 1 is 0.981 bits per heavy atom. The Kier molecular flexibility index (Phi) is 11.0. The minimum Gasteiger partial charge on any atom is -0.489 e. The molecule has 1 aromatic carbocycles. The van der Waals surface area contributed by atoms with Crippen molar-refractivity contribution in [1.82, 2.24) is 20.1 Å². The van der Waals surface area contributed by atoms with Crippen molar-refractivity contribution >= 4 is 35.0 Å². The largest absolute Gasteiger partial charge is 0.489 e. The molecule has 1 aromatic heterocycles. The van der Waals surface area contributed by atoms with Crippen molar-refractivity contribution in [2.75, 3.05) is 19.6 Å². The summed E-state index contributed by atoms with van der Waals surface area (Å²) in [4.78, 5) is 60.7. The first kappa shape index (κ1) is 38.4. The van der Waals surface area contributed by atoms with Crippen molar-refractivity contribution in [2.24, 2.45) is 17.3 Å². The smallest absolute Gasteiger partial charge is 0.410 e. The maximum atomic E-state index is 14.2. The zero-order chi connectivity index (χ0) is 38.2. The molecule has 0 radical (unpaired) electrons. The number of alkyl carbamates (subject to hydrolysis) is 1. The van der Waals surface area contributed by atoms with Crippen LogP contribution in [0.1, 0.15) is 99.0 Å². The van der Waals surface area contributed by atoms with E-state index in [-0.39, 0.29) is 43.1 Å². The molecular formula is C40H56N4O9.